The van der Waals surface area contributed by atoms with Crippen molar-refractivity contribution in [3.63, 3.8) is 0 Å². The van der Waals surface area contributed by atoms with E-state index in [1.807, 2.05) is 0 Å². The molecule has 528 valence electrons. The molecule has 0 heterocycles. The van der Waals surface area contributed by atoms with Gasteiger partial charge in [0.1, 0.15) is 19.3 Å². The molecule has 0 radical (unpaired) electrons. The lowest BCUT2D eigenvalue weighted by atomic mass is 9.99. The molecule has 0 amide bonds. The lowest BCUT2D eigenvalue weighted by Gasteiger charge is -2.21. The molecule has 0 saturated heterocycles. The van der Waals surface area contributed by atoms with Crippen LogP contribution in [0.25, 0.3) is 0 Å². The minimum absolute atomic E-state index is 0.104. The lowest BCUT2D eigenvalue weighted by Crippen LogP contribution is -2.30. The molecule has 3 N–H and O–H groups in total. The van der Waals surface area contributed by atoms with Gasteiger partial charge in [-0.1, -0.05) is 293 Å². The monoisotopic (exact) mass is 1310 g/mol. The minimum atomic E-state index is -4.95. The van der Waals surface area contributed by atoms with Crippen LogP contribution in [0.1, 0.15) is 344 Å². The highest BCUT2D eigenvalue weighted by Gasteiger charge is 2.30. The summed E-state index contributed by atoms with van der Waals surface area (Å²) in [5, 5.41) is 10.6. The van der Waals surface area contributed by atoms with E-state index in [9.17, 15) is 43.2 Å². The van der Waals surface area contributed by atoms with Crippen LogP contribution in [-0.4, -0.2) is 96.7 Å². The molecular weight excluding hydrogens is 1170 g/mol. The van der Waals surface area contributed by atoms with Crippen LogP contribution in [0.15, 0.2) is 0 Å². The highest BCUT2D eigenvalue weighted by atomic mass is 31.2. The van der Waals surface area contributed by atoms with Crippen molar-refractivity contribution in [1.82, 2.24) is 0 Å². The van der Waals surface area contributed by atoms with E-state index in [0.717, 1.165) is 114 Å². The third-order valence-corrected chi connectivity index (χ3v) is 18.3. The van der Waals surface area contributed by atoms with E-state index in [-0.39, 0.29) is 25.7 Å². The molecular formula is C70H136O17P2. The van der Waals surface area contributed by atoms with Crippen LogP contribution in [0.2, 0.25) is 0 Å². The summed E-state index contributed by atoms with van der Waals surface area (Å²) < 4.78 is 68.3. The average Bonchev–Trinajstić information content (AvgIpc) is 3.51. The Morgan fingerprint density at radius 2 is 0.539 bits per heavy atom. The maximum absolute atomic E-state index is 13.0. The number of phosphoric acid groups is 2. The number of aliphatic hydroxyl groups is 1. The number of hydrogen-bond donors (Lipinski definition) is 3. The standard InChI is InChI=1S/C70H136O17P2/c1-9-63(8)49-41-33-25-17-11-13-18-26-34-42-50-67(72)80-56-65(87-70(75)53-45-37-28-20-14-16-23-31-39-47-61(4)5)58-84-88(76,77)82-54-64(71)55-83-89(78,79)85-59-66(57-81-68(73)51-43-35-29-21-24-32-40-48-62(6)7)86-69(74)52-44-36-27-19-12-10-15-22-30-38-46-60(2)3/h60-66,71H,9-59H2,1-8H3,(H,76,77)(H,78,79)/t63?,64?,65-,66-/m1/s1. The zero-order valence-electron chi connectivity index (χ0n) is 58.1. The maximum Gasteiger partial charge on any atom is 0.472 e. The number of hydrogen-bond acceptors (Lipinski definition) is 15. The first-order chi connectivity index (χ1) is 42.6. The second kappa shape index (κ2) is 59.8. The Labute approximate surface area is 543 Å². The Morgan fingerprint density at radius 3 is 0.798 bits per heavy atom. The highest BCUT2D eigenvalue weighted by Crippen LogP contribution is 2.45. The second-order valence-electron chi connectivity index (χ2n) is 26.9. The molecule has 0 bridgehead atoms. The van der Waals surface area contributed by atoms with Gasteiger partial charge in [-0.05, 0) is 49.4 Å². The Hall–Kier alpha value is -1.94. The lowest BCUT2D eigenvalue weighted by molar-refractivity contribution is -0.161. The summed E-state index contributed by atoms with van der Waals surface area (Å²) in [7, 11) is -9.90. The first-order valence-corrected chi connectivity index (χ1v) is 39.2. The molecule has 0 rings (SSSR count). The topological polar surface area (TPSA) is 237 Å². The summed E-state index contributed by atoms with van der Waals surface area (Å²) in [5.41, 5.74) is 0. The third kappa shape index (κ3) is 63.2. The number of aliphatic hydroxyl groups excluding tert-OH is 1. The van der Waals surface area contributed by atoms with Crippen molar-refractivity contribution in [1.29, 1.82) is 0 Å². The molecule has 0 aromatic rings. The predicted octanol–water partition coefficient (Wildman–Crippen LogP) is 19.7. The number of carbonyl (C=O) groups excluding carboxylic acids is 4. The van der Waals surface area contributed by atoms with Crippen molar-refractivity contribution < 1.29 is 80.2 Å². The van der Waals surface area contributed by atoms with Crippen molar-refractivity contribution in [3.05, 3.63) is 0 Å². The van der Waals surface area contributed by atoms with E-state index >= 15 is 0 Å². The minimum Gasteiger partial charge on any atom is -0.462 e. The summed E-state index contributed by atoms with van der Waals surface area (Å²) in [4.78, 5) is 72.5. The molecule has 0 spiro atoms. The number of rotatable bonds is 67. The van der Waals surface area contributed by atoms with E-state index in [1.54, 1.807) is 0 Å². The molecule has 0 saturated carbocycles. The summed E-state index contributed by atoms with van der Waals surface area (Å²) in [6.07, 6.45) is 41.7. The summed E-state index contributed by atoms with van der Waals surface area (Å²) in [5.74, 6) is 0.873. The summed E-state index contributed by atoms with van der Waals surface area (Å²) in [6, 6.07) is 0. The number of esters is 4. The molecule has 89 heavy (non-hydrogen) atoms. The van der Waals surface area contributed by atoms with Crippen molar-refractivity contribution in [3.8, 4) is 0 Å². The average molecular weight is 1310 g/mol. The van der Waals surface area contributed by atoms with Gasteiger partial charge < -0.3 is 33.8 Å². The van der Waals surface area contributed by atoms with E-state index < -0.39 is 97.5 Å². The fraction of sp³-hybridized carbons (Fsp3) is 0.943. The second-order valence-corrected chi connectivity index (χ2v) is 29.8. The smallest absolute Gasteiger partial charge is 0.462 e. The normalized spacial score (nSPS) is 14.6. The van der Waals surface area contributed by atoms with Crippen LogP contribution < -0.4 is 0 Å². The largest absolute Gasteiger partial charge is 0.472 e. The van der Waals surface area contributed by atoms with Gasteiger partial charge in [-0.3, -0.25) is 37.3 Å². The fourth-order valence-corrected chi connectivity index (χ4v) is 12.0. The number of unbranched alkanes of at least 4 members (excludes halogenated alkanes) is 32. The Kier molecular flexibility index (Phi) is 58.5. The third-order valence-electron chi connectivity index (χ3n) is 16.4. The molecule has 0 fully saturated rings. The van der Waals surface area contributed by atoms with E-state index in [2.05, 4.69) is 55.4 Å². The molecule has 17 nitrogen and oxygen atoms in total. The van der Waals surface area contributed by atoms with Gasteiger partial charge in [0.2, 0.25) is 0 Å². The van der Waals surface area contributed by atoms with E-state index in [0.29, 0.717) is 31.6 Å². The highest BCUT2D eigenvalue weighted by molar-refractivity contribution is 7.47. The van der Waals surface area contributed by atoms with Gasteiger partial charge in [0.25, 0.3) is 0 Å². The zero-order chi connectivity index (χ0) is 66.1. The summed E-state index contributed by atoms with van der Waals surface area (Å²) >= 11 is 0. The summed E-state index contributed by atoms with van der Waals surface area (Å²) in [6.45, 7) is 14.1. The molecule has 6 atom stereocenters. The van der Waals surface area contributed by atoms with Gasteiger partial charge >= 0.3 is 39.5 Å². The number of ether oxygens (including phenoxy) is 4. The molecule has 0 aromatic carbocycles. The van der Waals surface area contributed by atoms with Crippen LogP contribution in [0, 0.1) is 23.7 Å². The van der Waals surface area contributed by atoms with Crippen LogP contribution in [-0.2, 0) is 65.4 Å². The van der Waals surface area contributed by atoms with Crippen LogP contribution in [0.4, 0.5) is 0 Å². The number of phosphoric ester groups is 2. The Bertz CT molecular complexity index is 1770. The van der Waals surface area contributed by atoms with Gasteiger partial charge in [0.05, 0.1) is 26.4 Å². The molecule has 19 heteroatoms. The van der Waals surface area contributed by atoms with Crippen molar-refractivity contribution in [2.45, 2.75) is 363 Å². The van der Waals surface area contributed by atoms with Crippen LogP contribution in [0.3, 0.4) is 0 Å². The van der Waals surface area contributed by atoms with Gasteiger partial charge in [-0.2, -0.15) is 0 Å². The van der Waals surface area contributed by atoms with Crippen LogP contribution in [0.5, 0.6) is 0 Å². The van der Waals surface area contributed by atoms with Crippen LogP contribution >= 0.6 is 15.6 Å². The van der Waals surface area contributed by atoms with Gasteiger partial charge in [-0.15, -0.1) is 0 Å². The van der Waals surface area contributed by atoms with Crippen molar-refractivity contribution in [2.24, 2.45) is 23.7 Å². The number of carbonyl (C=O) groups is 4. The maximum atomic E-state index is 13.0. The van der Waals surface area contributed by atoms with Crippen molar-refractivity contribution >= 4 is 39.5 Å². The SMILES string of the molecule is CCC(C)CCCCCCCCCCCCC(=O)OC[C@H](COP(=O)(O)OCC(O)COP(=O)(O)OC[C@@H](COC(=O)CCCCCCCCCC(C)C)OC(=O)CCCCCCCCCCCCC(C)C)OC(=O)CCCCCCCCCCCC(C)C. The van der Waals surface area contributed by atoms with Gasteiger partial charge in [0, 0.05) is 25.7 Å². The quantitative estimate of drug-likeness (QED) is 0.0222. The fourth-order valence-electron chi connectivity index (χ4n) is 10.5. The van der Waals surface area contributed by atoms with E-state index in [4.69, 9.17) is 37.0 Å². The van der Waals surface area contributed by atoms with Crippen molar-refractivity contribution in [2.75, 3.05) is 39.6 Å². The molecule has 0 aliphatic carbocycles. The predicted molar refractivity (Wildman–Crippen MR) is 358 cm³/mol. The first kappa shape index (κ1) is 87.1. The molecule has 0 aliphatic rings. The molecule has 0 aliphatic heterocycles. The molecule has 4 unspecified atom stereocenters. The Balaban J connectivity index is 5.26. The first-order valence-electron chi connectivity index (χ1n) is 36.2. The molecule has 0 aromatic heterocycles. The van der Waals surface area contributed by atoms with E-state index in [1.165, 1.54) is 141 Å². The van der Waals surface area contributed by atoms with Gasteiger partial charge in [0.15, 0.2) is 12.2 Å². The van der Waals surface area contributed by atoms with Gasteiger partial charge in [-0.25, -0.2) is 9.13 Å². The zero-order valence-corrected chi connectivity index (χ0v) is 59.8. The Morgan fingerprint density at radius 1 is 0.315 bits per heavy atom.